The number of thioether (sulfide) groups is 1. The van der Waals surface area contributed by atoms with E-state index in [1.165, 1.54) is 11.8 Å². The maximum Gasteiger partial charge on any atom is 0.0535 e. The molecule has 0 unspecified atom stereocenters. The van der Waals surface area contributed by atoms with Crippen LogP contribution in [-0.4, -0.2) is 17.2 Å². The predicted molar refractivity (Wildman–Crippen MR) is 52.9 cm³/mol. The third-order valence-electron chi connectivity index (χ3n) is 1.39. The Bertz CT molecular complexity index is 236. The van der Waals surface area contributed by atoms with Crippen LogP contribution < -0.4 is 0 Å². The summed E-state index contributed by atoms with van der Waals surface area (Å²) in [5.41, 5.74) is 1.30. The fraction of sp³-hybridized carbons (Fsp3) is 0.222. The molecule has 1 aromatic carbocycles. The number of hydrogen-bond acceptors (Lipinski definition) is 3. The van der Waals surface area contributed by atoms with Gasteiger partial charge < -0.3 is 5.21 Å². The van der Waals surface area contributed by atoms with Crippen molar-refractivity contribution >= 4 is 18.0 Å². The van der Waals surface area contributed by atoms with E-state index >= 15 is 0 Å². The lowest BCUT2D eigenvalue weighted by Gasteiger charge is -1.96. The minimum Gasteiger partial charge on any atom is -0.411 e. The first kappa shape index (κ1) is 9.13. The van der Waals surface area contributed by atoms with Crippen LogP contribution in [0.2, 0.25) is 0 Å². The van der Waals surface area contributed by atoms with Crippen LogP contribution in [-0.2, 0) is 5.75 Å². The van der Waals surface area contributed by atoms with E-state index in [1.807, 2.05) is 18.2 Å². The summed E-state index contributed by atoms with van der Waals surface area (Å²) in [6.07, 6.45) is 1.49. The van der Waals surface area contributed by atoms with Crippen LogP contribution in [0, 0.1) is 0 Å². The Kier molecular flexibility index (Phi) is 4.31. The molecule has 0 saturated heterocycles. The van der Waals surface area contributed by atoms with Crippen molar-refractivity contribution in [3.8, 4) is 0 Å². The second-order valence-electron chi connectivity index (χ2n) is 2.30. The Hall–Kier alpha value is -0.960. The van der Waals surface area contributed by atoms with Crippen LogP contribution in [0.5, 0.6) is 0 Å². The summed E-state index contributed by atoms with van der Waals surface area (Å²) < 4.78 is 0. The molecule has 0 bridgehead atoms. The molecule has 2 nitrogen and oxygen atoms in total. The molecule has 12 heavy (non-hydrogen) atoms. The summed E-state index contributed by atoms with van der Waals surface area (Å²) in [7, 11) is 0. The van der Waals surface area contributed by atoms with Crippen LogP contribution >= 0.6 is 11.8 Å². The van der Waals surface area contributed by atoms with E-state index in [2.05, 4.69) is 17.3 Å². The molecule has 0 aliphatic carbocycles. The smallest absolute Gasteiger partial charge is 0.0535 e. The van der Waals surface area contributed by atoms with Gasteiger partial charge in [-0.05, 0) is 5.56 Å². The summed E-state index contributed by atoms with van der Waals surface area (Å²) in [6, 6.07) is 10.2. The summed E-state index contributed by atoms with van der Waals surface area (Å²) >= 11 is 1.72. The van der Waals surface area contributed by atoms with Crippen LogP contribution in [0.15, 0.2) is 35.5 Å². The van der Waals surface area contributed by atoms with Crippen molar-refractivity contribution in [1.82, 2.24) is 0 Å². The van der Waals surface area contributed by atoms with Gasteiger partial charge in [-0.15, -0.1) is 5.16 Å². The van der Waals surface area contributed by atoms with E-state index < -0.39 is 0 Å². The van der Waals surface area contributed by atoms with Gasteiger partial charge in [-0.25, -0.2) is 0 Å². The van der Waals surface area contributed by atoms with E-state index in [0.717, 1.165) is 11.5 Å². The highest BCUT2D eigenvalue weighted by Crippen LogP contribution is 2.09. The molecule has 64 valence electrons. The van der Waals surface area contributed by atoms with Gasteiger partial charge in [-0.2, -0.15) is 11.8 Å². The molecule has 0 saturated carbocycles. The number of benzene rings is 1. The molecule has 1 aromatic rings. The molecule has 0 aliphatic heterocycles. The van der Waals surface area contributed by atoms with Crippen molar-refractivity contribution in [2.45, 2.75) is 5.75 Å². The average Bonchev–Trinajstić information content (AvgIpc) is 2.14. The van der Waals surface area contributed by atoms with Gasteiger partial charge in [-0.3, -0.25) is 0 Å². The molecule has 0 amide bonds. The monoisotopic (exact) mass is 181 g/mol. The standard InChI is InChI=1S/C9H11NOS/c11-10-6-7-12-8-9-4-2-1-3-5-9/h1-6,11H,7-8H2/b10-6+. The topological polar surface area (TPSA) is 32.6 Å². The zero-order valence-electron chi connectivity index (χ0n) is 6.68. The first-order valence-corrected chi connectivity index (χ1v) is 4.86. The van der Waals surface area contributed by atoms with E-state index in [0.29, 0.717) is 0 Å². The van der Waals surface area contributed by atoms with Gasteiger partial charge in [0.2, 0.25) is 0 Å². The van der Waals surface area contributed by atoms with E-state index in [1.54, 1.807) is 11.8 Å². The predicted octanol–water partition coefficient (Wildman–Crippen LogP) is 2.38. The first-order chi connectivity index (χ1) is 5.93. The molecule has 0 fully saturated rings. The molecule has 1 rings (SSSR count). The average molecular weight is 181 g/mol. The molecule has 1 N–H and O–H groups in total. The minimum atomic E-state index is 0.755. The molecule has 0 spiro atoms. The maximum absolute atomic E-state index is 8.12. The fourth-order valence-electron chi connectivity index (χ4n) is 0.837. The van der Waals surface area contributed by atoms with Crippen molar-refractivity contribution in [1.29, 1.82) is 0 Å². The number of nitrogens with zero attached hydrogens (tertiary/aromatic N) is 1. The quantitative estimate of drug-likeness (QED) is 0.335. The van der Waals surface area contributed by atoms with Crippen LogP contribution in [0.3, 0.4) is 0 Å². The van der Waals surface area contributed by atoms with Crippen LogP contribution in [0.4, 0.5) is 0 Å². The van der Waals surface area contributed by atoms with E-state index in [4.69, 9.17) is 5.21 Å². The second-order valence-corrected chi connectivity index (χ2v) is 3.33. The highest BCUT2D eigenvalue weighted by Gasteiger charge is 1.89. The highest BCUT2D eigenvalue weighted by atomic mass is 32.2. The molecule has 0 atom stereocenters. The molecule has 0 radical (unpaired) electrons. The van der Waals surface area contributed by atoms with Crippen molar-refractivity contribution < 1.29 is 5.21 Å². The fourth-order valence-corrected chi connectivity index (χ4v) is 1.56. The van der Waals surface area contributed by atoms with Gasteiger partial charge in [-0.1, -0.05) is 30.3 Å². The molecule has 0 aromatic heterocycles. The summed E-state index contributed by atoms with van der Waals surface area (Å²) in [5.74, 6) is 1.72. The largest absolute Gasteiger partial charge is 0.411 e. The third-order valence-corrected chi connectivity index (χ3v) is 2.31. The van der Waals surface area contributed by atoms with Gasteiger partial charge in [0.05, 0.1) is 6.21 Å². The zero-order chi connectivity index (χ0) is 8.65. The highest BCUT2D eigenvalue weighted by molar-refractivity contribution is 7.99. The number of hydrogen-bond donors (Lipinski definition) is 1. The van der Waals surface area contributed by atoms with Crippen LogP contribution in [0.25, 0.3) is 0 Å². The summed E-state index contributed by atoms with van der Waals surface area (Å²) in [5, 5.41) is 11.0. The molecule has 0 aliphatic rings. The Balaban J connectivity index is 2.24. The molecular weight excluding hydrogens is 170 g/mol. The zero-order valence-corrected chi connectivity index (χ0v) is 7.50. The maximum atomic E-state index is 8.12. The lowest BCUT2D eigenvalue weighted by Crippen LogP contribution is -1.83. The third kappa shape index (κ3) is 3.44. The van der Waals surface area contributed by atoms with Gasteiger partial charge >= 0.3 is 0 Å². The first-order valence-electron chi connectivity index (χ1n) is 3.71. The minimum absolute atomic E-state index is 0.755. The summed E-state index contributed by atoms with van der Waals surface area (Å²) in [6.45, 7) is 0. The Morgan fingerprint density at radius 1 is 1.33 bits per heavy atom. The Morgan fingerprint density at radius 2 is 2.08 bits per heavy atom. The Morgan fingerprint density at radius 3 is 2.75 bits per heavy atom. The number of oxime groups is 1. The normalized spacial score (nSPS) is 10.7. The van der Waals surface area contributed by atoms with Gasteiger partial charge in [0.25, 0.3) is 0 Å². The summed E-state index contributed by atoms with van der Waals surface area (Å²) in [4.78, 5) is 0. The number of rotatable bonds is 4. The lowest BCUT2D eigenvalue weighted by molar-refractivity contribution is 0.321. The van der Waals surface area contributed by atoms with Gasteiger partial charge in [0, 0.05) is 11.5 Å². The van der Waals surface area contributed by atoms with Crippen molar-refractivity contribution in [3.05, 3.63) is 35.9 Å². The van der Waals surface area contributed by atoms with Crippen molar-refractivity contribution in [3.63, 3.8) is 0 Å². The SMILES string of the molecule is O/N=C/CSCc1ccccc1. The second kappa shape index (κ2) is 5.66. The van der Waals surface area contributed by atoms with Gasteiger partial charge in [0.15, 0.2) is 0 Å². The molecular formula is C9H11NOS. The van der Waals surface area contributed by atoms with Crippen molar-refractivity contribution in [2.75, 3.05) is 5.75 Å². The lowest BCUT2D eigenvalue weighted by atomic mass is 10.2. The van der Waals surface area contributed by atoms with Crippen LogP contribution in [0.1, 0.15) is 5.56 Å². The van der Waals surface area contributed by atoms with E-state index in [-0.39, 0.29) is 0 Å². The Labute approximate surface area is 76.3 Å². The van der Waals surface area contributed by atoms with E-state index in [9.17, 15) is 0 Å². The van der Waals surface area contributed by atoms with Gasteiger partial charge in [0.1, 0.15) is 0 Å². The molecule has 0 heterocycles. The van der Waals surface area contributed by atoms with Crippen molar-refractivity contribution in [2.24, 2.45) is 5.16 Å². The molecule has 3 heteroatoms.